The zero-order valence-corrected chi connectivity index (χ0v) is 11.4. The Kier molecular flexibility index (Phi) is 4.06. The molecular formula is C15H12ClF3O. The number of hydrogen-bond donors (Lipinski definition) is 1. The second-order valence-corrected chi connectivity index (χ2v) is 5.28. The van der Waals surface area contributed by atoms with Crippen LogP contribution in [0.2, 0.25) is 5.02 Å². The van der Waals surface area contributed by atoms with Crippen molar-refractivity contribution in [2.75, 3.05) is 0 Å². The largest absolute Gasteiger partial charge is 0.385 e. The maximum atomic E-state index is 13.7. The molecule has 0 heterocycles. The minimum absolute atomic E-state index is 0.0457. The van der Waals surface area contributed by atoms with E-state index in [1.54, 1.807) is 0 Å². The second-order valence-electron chi connectivity index (χ2n) is 4.84. The smallest absolute Gasteiger partial charge is 0.127 e. The summed E-state index contributed by atoms with van der Waals surface area (Å²) in [7, 11) is 0. The zero-order chi connectivity index (χ0) is 14.9. The molecule has 2 aromatic carbocycles. The molecule has 2 rings (SSSR count). The van der Waals surface area contributed by atoms with Crippen LogP contribution in [-0.4, -0.2) is 5.11 Å². The highest BCUT2D eigenvalue weighted by atomic mass is 35.5. The van der Waals surface area contributed by atoms with Crippen LogP contribution in [0.25, 0.3) is 0 Å². The lowest BCUT2D eigenvalue weighted by Gasteiger charge is -2.24. The van der Waals surface area contributed by atoms with Gasteiger partial charge in [0.1, 0.15) is 17.5 Å². The van der Waals surface area contributed by atoms with Gasteiger partial charge in [0.05, 0.1) is 5.60 Å². The summed E-state index contributed by atoms with van der Waals surface area (Å²) in [6.45, 7) is 1.37. The monoisotopic (exact) mass is 300 g/mol. The van der Waals surface area contributed by atoms with Crippen LogP contribution in [0.1, 0.15) is 18.1 Å². The summed E-state index contributed by atoms with van der Waals surface area (Å²) in [5.41, 5.74) is -1.34. The van der Waals surface area contributed by atoms with Crippen molar-refractivity contribution >= 4 is 11.6 Å². The maximum absolute atomic E-state index is 13.7. The van der Waals surface area contributed by atoms with Crippen molar-refractivity contribution in [1.82, 2.24) is 0 Å². The number of benzene rings is 2. The third-order valence-electron chi connectivity index (χ3n) is 3.03. The van der Waals surface area contributed by atoms with Crippen molar-refractivity contribution in [3.8, 4) is 0 Å². The number of aliphatic hydroxyl groups is 1. The molecule has 0 amide bonds. The van der Waals surface area contributed by atoms with Gasteiger partial charge in [0.2, 0.25) is 0 Å². The fraction of sp³-hybridized carbons (Fsp3) is 0.200. The van der Waals surface area contributed by atoms with Gasteiger partial charge in [-0.05, 0) is 42.3 Å². The summed E-state index contributed by atoms with van der Waals surface area (Å²) in [5, 5.41) is 10.6. The van der Waals surface area contributed by atoms with E-state index < -0.39 is 23.1 Å². The van der Waals surface area contributed by atoms with Gasteiger partial charge < -0.3 is 5.11 Å². The Morgan fingerprint density at radius 1 is 1.05 bits per heavy atom. The fourth-order valence-corrected chi connectivity index (χ4v) is 2.16. The van der Waals surface area contributed by atoms with Crippen LogP contribution in [-0.2, 0) is 12.0 Å². The molecule has 0 aliphatic rings. The first-order valence-corrected chi connectivity index (χ1v) is 6.28. The number of rotatable bonds is 3. The van der Waals surface area contributed by atoms with E-state index in [0.29, 0.717) is 6.07 Å². The Hall–Kier alpha value is -1.52. The molecule has 1 N–H and O–H groups in total. The van der Waals surface area contributed by atoms with Crippen molar-refractivity contribution in [1.29, 1.82) is 0 Å². The number of halogens is 4. The minimum Gasteiger partial charge on any atom is -0.385 e. The van der Waals surface area contributed by atoms with Gasteiger partial charge in [-0.25, -0.2) is 13.2 Å². The Bertz CT molecular complexity index is 621. The van der Waals surface area contributed by atoms with Crippen LogP contribution >= 0.6 is 11.6 Å². The average molecular weight is 301 g/mol. The van der Waals surface area contributed by atoms with Gasteiger partial charge in [-0.1, -0.05) is 17.7 Å². The lowest BCUT2D eigenvalue weighted by Crippen LogP contribution is -2.25. The average Bonchev–Trinajstić information content (AvgIpc) is 2.31. The zero-order valence-electron chi connectivity index (χ0n) is 10.6. The summed E-state index contributed by atoms with van der Waals surface area (Å²) in [4.78, 5) is 0. The van der Waals surface area contributed by atoms with Gasteiger partial charge in [0.25, 0.3) is 0 Å². The minimum atomic E-state index is -1.60. The summed E-state index contributed by atoms with van der Waals surface area (Å²) in [6.07, 6.45) is -0.126. The highest BCUT2D eigenvalue weighted by Crippen LogP contribution is 2.28. The molecular weight excluding hydrogens is 289 g/mol. The molecule has 0 saturated heterocycles. The first-order chi connectivity index (χ1) is 9.28. The third kappa shape index (κ3) is 3.32. The highest BCUT2D eigenvalue weighted by Gasteiger charge is 2.26. The van der Waals surface area contributed by atoms with Crippen LogP contribution in [0.4, 0.5) is 13.2 Å². The van der Waals surface area contributed by atoms with Crippen molar-refractivity contribution in [3.05, 3.63) is 70.0 Å². The van der Waals surface area contributed by atoms with E-state index in [4.69, 9.17) is 11.6 Å². The van der Waals surface area contributed by atoms with Crippen molar-refractivity contribution in [2.45, 2.75) is 18.9 Å². The first kappa shape index (κ1) is 14.9. The Morgan fingerprint density at radius 2 is 1.65 bits per heavy atom. The van der Waals surface area contributed by atoms with Gasteiger partial charge in [-0.15, -0.1) is 0 Å². The van der Waals surface area contributed by atoms with E-state index >= 15 is 0 Å². The molecule has 1 nitrogen and oxygen atoms in total. The third-order valence-corrected chi connectivity index (χ3v) is 3.27. The van der Waals surface area contributed by atoms with Gasteiger partial charge in [-0.3, -0.25) is 0 Å². The Labute approximate surface area is 119 Å². The molecule has 0 fully saturated rings. The summed E-state index contributed by atoms with van der Waals surface area (Å²) >= 11 is 5.65. The lowest BCUT2D eigenvalue weighted by molar-refractivity contribution is 0.0560. The highest BCUT2D eigenvalue weighted by molar-refractivity contribution is 6.30. The summed E-state index contributed by atoms with van der Waals surface area (Å²) < 4.78 is 40.1. The van der Waals surface area contributed by atoms with E-state index in [9.17, 15) is 18.3 Å². The number of hydrogen-bond acceptors (Lipinski definition) is 1. The molecule has 0 spiro atoms. The fourth-order valence-electron chi connectivity index (χ4n) is 2.00. The molecule has 1 atom stereocenters. The maximum Gasteiger partial charge on any atom is 0.127 e. The molecule has 5 heteroatoms. The molecule has 0 aliphatic heterocycles. The molecule has 0 bridgehead atoms. The van der Waals surface area contributed by atoms with E-state index in [1.807, 2.05) is 0 Å². The normalized spacial score (nSPS) is 14.1. The first-order valence-electron chi connectivity index (χ1n) is 5.91. The van der Waals surface area contributed by atoms with Gasteiger partial charge >= 0.3 is 0 Å². The second kappa shape index (κ2) is 5.46. The molecule has 0 aromatic heterocycles. The lowest BCUT2D eigenvalue weighted by atomic mass is 9.89. The molecule has 0 saturated carbocycles. The van der Waals surface area contributed by atoms with Crippen LogP contribution in [0.3, 0.4) is 0 Å². The predicted molar refractivity (Wildman–Crippen MR) is 71.0 cm³/mol. The molecule has 20 heavy (non-hydrogen) atoms. The van der Waals surface area contributed by atoms with Gasteiger partial charge in [0.15, 0.2) is 0 Å². The van der Waals surface area contributed by atoms with Gasteiger partial charge in [-0.2, -0.15) is 0 Å². The summed E-state index contributed by atoms with van der Waals surface area (Å²) in [5.74, 6) is -2.16. The van der Waals surface area contributed by atoms with Crippen LogP contribution in [0, 0.1) is 17.5 Å². The molecule has 0 radical (unpaired) electrons. The molecule has 0 aliphatic carbocycles. The van der Waals surface area contributed by atoms with Crippen molar-refractivity contribution in [3.63, 3.8) is 0 Å². The van der Waals surface area contributed by atoms with E-state index in [0.717, 1.165) is 18.2 Å². The van der Waals surface area contributed by atoms with Crippen molar-refractivity contribution < 1.29 is 18.3 Å². The van der Waals surface area contributed by atoms with Crippen LogP contribution < -0.4 is 0 Å². The molecule has 1 unspecified atom stereocenters. The van der Waals surface area contributed by atoms with Crippen LogP contribution in [0.5, 0.6) is 0 Å². The van der Waals surface area contributed by atoms with E-state index in [-0.39, 0.29) is 22.6 Å². The Balaban J connectivity index is 2.34. The summed E-state index contributed by atoms with van der Waals surface area (Å²) in [6, 6.07) is 6.80. The Morgan fingerprint density at radius 3 is 2.20 bits per heavy atom. The SMILES string of the molecule is CC(O)(Cc1ccc(Cl)cc1F)c1cc(F)cc(F)c1. The van der Waals surface area contributed by atoms with Crippen LogP contribution in [0.15, 0.2) is 36.4 Å². The topological polar surface area (TPSA) is 20.2 Å². The van der Waals surface area contributed by atoms with Crippen molar-refractivity contribution in [2.24, 2.45) is 0 Å². The van der Waals surface area contributed by atoms with E-state index in [1.165, 1.54) is 19.1 Å². The molecule has 2 aromatic rings. The predicted octanol–water partition coefficient (Wildman–Crippen LogP) is 4.21. The van der Waals surface area contributed by atoms with Gasteiger partial charge in [0, 0.05) is 17.5 Å². The molecule has 106 valence electrons. The van der Waals surface area contributed by atoms with E-state index in [2.05, 4.69) is 0 Å². The quantitative estimate of drug-likeness (QED) is 0.900. The standard InChI is InChI=1S/C15H12ClF3O/c1-15(20,10-4-12(17)7-13(18)5-10)8-9-2-3-11(16)6-14(9)19/h2-7,20H,8H2,1H3.